The van der Waals surface area contributed by atoms with E-state index in [1.54, 1.807) is 27.8 Å². The quantitative estimate of drug-likeness (QED) is 0.440. The van der Waals surface area contributed by atoms with Crippen LogP contribution in [-0.4, -0.2) is 94.6 Å². The molecule has 0 radical (unpaired) electrons. The van der Waals surface area contributed by atoms with E-state index < -0.39 is 41.4 Å². The maximum atomic E-state index is 12.2. The molecule has 0 aliphatic carbocycles. The van der Waals surface area contributed by atoms with E-state index in [9.17, 15) is 19.2 Å². The number of likely N-dealkylation sites (N-methyl/N-ethyl adjacent to an activating group) is 1. The van der Waals surface area contributed by atoms with Crippen LogP contribution in [0.3, 0.4) is 0 Å². The molecule has 2 aliphatic rings. The van der Waals surface area contributed by atoms with Crippen LogP contribution >= 0.6 is 27.0 Å². The van der Waals surface area contributed by atoms with E-state index in [-0.39, 0.29) is 47.8 Å². The molecule has 2 saturated heterocycles. The van der Waals surface area contributed by atoms with E-state index >= 15 is 0 Å². The van der Waals surface area contributed by atoms with Crippen molar-refractivity contribution in [3.63, 3.8) is 0 Å². The minimum absolute atomic E-state index is 0. The third-order valence-corrected chi connectivity index (χ3v) is 5.42. The summed E-state index contributed by atoms with van der Waals surface area (Å²) >= 11 is 0. The molecule has 13 heteroatoms. The summed E-state index contributed by atoms with van der Waals surface area (Å²) < 4.78 is 10.5. The fourth-order valence-electron chi connectivity index (χ4n) is 3.75. The number of hydroxylamine groups is 2. The highest BCUT2D eigenvalue weighted by molar-refractivity contribution is 7.59. The van der Waals surface area contributed by atoms with E-state index in [1.807, 2.05) is 20.8 Å². The SMILES string of the molecule is C.C.CC(C)(C)OC(=O)N1CCCC[C@H]1C(=O)O.CON(C)C(=O)[C@@H]1CCCCN1C(=O)OC(C)(C)C.S.S. The van der Waals surface area contributed by atoms with Crippen molar-refractivity contribution >= 4 is 51.1 Å². The van der Waals surface area contributed by atoms with Crippen LogP contribution in [0.15, 0.2) is 0 Å². The Bertz CT molecular complexity index is 756. The first-order valence-corrected chi connectivity index (χ1v) is 12.1. The summed E-state index contributed by atoms with van der Waals surface area (Å²) in [5.74, 6) is -1.17. The Morgan fingerprint density at radius 2 is 1.10 bits per heavy atom. The third-order valence-electron chi connectivity index (χ3n) is 5.42. The van der Waals surface area contributed by atoms with Gasteiger partial charge in [0.2, 0.25) is 0 Å². The lowest BCUT2D eigenvalue weighted by atomic mass is 10.0. The summed E-state index contributed by atoms with van der Waals surface area (Å²) in [5.41, 5.74) is -1.15. The first-order chi connectivity index (χ1) is 16.1. The molecule has 2 heterocycles. The van der Waals surface area contributed by atoms with Gasteiger partial charge < -0.3 is 14.6 Å². The zero-order chi connectivity index (χ0) is 27.0. The fourth-order valence-corrected chi connectivity index (χ4v) is 3.75. The average Bonchev–Trinajstić information content (AvgIpc) is 2.76. The Kier molecular flexibility index (Phi) is 21.8. The monoisotopic (exact) mass is 601 g/mol. The summed E-state index contributed by atoms with van der Waals surface area (Å²) in [6, 6.07) is -1.22. The number of rotatable bonds is 3. The van der Waals surface area contributed by atoms with Gasteiger partial charge in [-0.3, -0.25) is 19.4 Å². The van der Waals surface area contributed by atoms with E-state index in [1.165, 1.54) is 16.9 Å². The molecular formula is C26H55N3O8S2. The molecule has 39 heavy (non-hydrogen) atoms. The highest BCUT2D eigenvalue weighted by atomic mass is 32.1. The van der Waals surface area contributed by atoms with Gasteiger partial charge in [-0.2, -0.15) is 27.0 Å². The van der Waals surface area contributed by atoms with Gasteiger partial charge >= 0.3 is 18.2 Å². The Labute approximate surface area is 249 Å². The third kappa shape index (κ3) is 15.5. The molecule has 3 amide bonds. The maximum absolute atomic E-state index is 12.2. The standard InChI is InChI=1S/C13H24N2O4.C11H19NO4.2CH4.2H2S/c1-13(2,3)19-12(17)15-9-7-6-8-10(15)11(16)14(4)18-5;1-11(2,3)16-10(15)12-7-5-4-6-8(12)9(13)14;;;;/h10H,6-9H2,1-5H3;8H,4-7H2,1-3H3,(H,13,14);2*1H4;2*1H2/t10-;8-;;;;/m00..../s1. The molecule has 0 bridgehead atoms. The number of nitrogens with zero attached hydrogens (tertiary/aromatic N) is 3. The van der Waals surface area contributed by atoms with Crippen LogP contribution in [0.5, 0.6) is 0 Å². The fraction of sp³-hybridized carbons (Fsp3) is 0.846. The highest BCUT2D eigenvalue weighted by Crippen LogP contribution is 2.22. The maximum Gasteiger partial charge on any atom is 0.411 e. The van der Waals surface area contributed by atoms with E-state index in [4.69, 9.17) is 19.4 Å². The van der Waals surface area contributed by atoms with Crippen LogP contribution in [0.25, 0.3) is 0 Å². The summed E-state index contributed by atoms with van der Waals surface area (Å²) in [5, 5.41) is 10.2. The molecule has 0 aromatic carbocycles. The van der Waals surface area contributed by atoms with Gasteiger partial charge in [-0.05, 0) is 80.1 Å². The topological polar surface area (TPSA) is 126 Å². The minimum atomic E-state index is -0.953. The lowest BCUT2D eigenvalue weighted by Crippen LogP contribution is -2.53. The van der Waals surface area contributed by atoms with Gasteiger partial charge in [0.1, 0.15) is 23.3 Å². The first-order valence-electron chi connectivity index (χ1n) is 12.1. The zero-order valence-electron chi connectivity index (χ0n) is 23.5. The van der Waals surface area contributed by atoms with Crippen LogP contribution < -0.4 is 0 Å². The van der Waals surface area contributed by atoms with Crippen molar-refractivity contribution in [1.82, 2.24) is 14.9 Å². The van der Waals surface area contributed by atoms with Crippen molar-refractivity contribution in [3.05, 3.63) is 0 Å². The summed E-state index contributed by atoms with van der Waals surface area (Å²) in [6.07, 6.45) is 3.68. The number of piperidine rings is 2. The molecule has 0 saturated carbocycles. The van der Waals surface area contributed by atoms with Crippen molar-refractivity contribution in [2.75, 3.05) is 27.2 Å². The van der Waals surface area contributed by atoms with Crippen molar-refractivity contribution in [1.29, 1.82) is 0 Å². The molecule has 2 atom stereocenters. The van der Waals surface area contributed by atoms with Crippen LogP contribution in [0.1, 0.15) is 94.9 Å². The van der Waals surface area contributed by atoms with E-state index in [2.05, 4.69) is 0 Å². The number of amides is 3. The van der Waals surface area contributed by atoms with E-state index in [0.29, 0.717) is 25.9 Å². The molecule has 2 aliphatic heterocycles. The number of ether oxygens (including phenoxy) is 2. The van der Waals surface area contributed by atoms with Crippen molar-refractivity contribution in [2.24, 2.45) is 0 Å². The van der Waals surface area contributed by atoms with Crippen molar-refractivity contribution in [3.8, 4) is 0 Å². The molecule has 0 spiro atoms. The Morgan fingerprint density at radius 3 is 1.44 bits per heavy atom. The Hall–Kier alpha value is -1.86. The lowest BCUT2D eigenvalue weighted by molar-refractivity contribution is -0.175. The Morgan fingerprint density at radius 1 is 0.744 bits per heavy atom. The van der Waals surface area contributed by atoms with Crippen molar-refractivity contribution < 1.29 is 38.6 Å². The Balaban J connectivity index is -0.000000288. The number of carbonyl (C=O) groups is 4. The average molecular weight is 602 g/mol. The highest BCUT2D eigenvalue weighted by Gasteiger charge is 2.37. The number of hydrogen-bond donors (Lipinski definition) is 1. The lowest BCUT2D eigenvalue weighted by Gasteiger charge is -2.36. The summed E-state index contributed by atoms with van der Waals surface area (Å²) in [4.78, 5) is 54.8. The van der Waals surface area contributed by atoms with Gasteiger partial charge in [0.05, 0.1) is 7.11 Å². The largest absolute Gasteiger partial charge is 0.480 e. The molecular weight excluding hydrogens is 546 g/mol. The molecule has 0 aromatic heterocycles. The molecule has 1 N–H and O–H groups in total. The molecule has 0 aromatic rings. The minimum Gasteiger partial charge on any atom is -0.480 e. The summed E-state index contributed by atoms with van der Waals surface area (Å²) in [6.45, 7) is 11.8. The normalized spacial score (nSPS) is 18.7. The van der Waals surface area contributed by atoms with Gasteiger partial charge in [0.15, 0.2) is 0 Å². The van der Waals surface area contributed by atoms with Gasteiger partial charge in [-0.1, -0.05) is 14.9 Å². The molecule has 2 rings (SSSR count). The number of carboxylic acid groups (broad SMARTS) is 1. The molecule has 2 fully saturated rings. The van der Waals surface area contributed by atoms with Gasteiger partial charge in [0, 0.05) is 20.1 Å². The van der Waals surface area contributed by atoms with Crippen LogP contribution in [0.2, 0.25) is 0 Å². The molecule has 11 nitrogen and oxygen atoms in total. The number of aliphatic carboxylic acids is 1. The van der Waals surface area contributed by atoms with Crippen LogP contribution in [0.4, 0.5) is 9.59 Å². The first kappa shape index (κ1) is 44.2. The van der Waals surface area contributed by atoms with Crippen molar-refractivity contribution in [2.45, 2.75) is 118 Å². The van der Waals surface area contributed by atoms with E-state index in [0.717, 1.165) is 30.7 Å². The molecule has 234 valence electrons. The van der Waals surface area contributed by atoms with Gasteiger partial charge in [-0.25, -0.2) is 19.4 Å². The van der Waals surface area contributed by atoms with Gasteiger partial charge in [-0.15, -0.1) is 0 Å². The second-order valence-corrected chi connectivity index (χ2v) is 10.7. The summed E-state index contributed by atoms with van der Waals surface area (Å²) in [7, 11) is 2.97. The number of likely N-dealkylation sites (tertiary alicyclic amines) is 2. The second-order valence-electron chi connectivity index (χ2n) is 10.7. The number of carboxylic acids is 1. The second kappa shape index (κ2) is 19.3. The predicted octanol–water partition coefficient (Wildman–Crippen LogP) is 5.15. The molecule has 0 unspecified atom stereocenters. The number of hydrogen-bond acceptors (Lipinski definition) is 7. The zero-order valence-corrected chi connectivity index (χ0v) is 25.5. The predicted molar refractivity (Wildman–Crippen MR) is 163 cm³/mol. The smallest absolute Gasteiger partial charge is 0.411 e. The number of carbonyl (C=O) groups excluding carboxylic acids is 3. The van der Waals surface area contributed by atoms with Crippen LogP contribution in [-0.2, 0) is 23.9 Å². The van der Waals surface area contributed by atoms with Crippen LogP contribution in [0, 0.1) is 0 Å². The van der Waals surface area contributed by atoms with Gasteiger partial charge in [0.25, 0.3) is 5.91 Å².